The monoisotopic (exact) mass is 224 g/mol. The third-order valence-corrected chi connectivity index (χ3v) is 4.23. The first kappa shape index (κ1) is 12.1. The zero-order valence-electron chi connectivity index (χ0n) is 10.9. The van der Waals surface area contributed by atoms with Crippen molar-refractivity contribution in [2.45, 2.75) is 77.5 Å². The Morgan fingerprint density at radius 1 is 1.44 bits per heavy atom. The molecule has 0 saturated carbocycles. The highest BCUT2D eigenvalue weighted by Crippen LogP contribution is 2.31. The Bertz CT molecular complexity index is 282. The third kappa shape index (κ3) is 2.48. The standard InChI is InChI=1S/C14H26NO/c1-10-7-11(2)15-13(8-10)5-4-6-14(15)9-12(3)16/h10,12-14,16H,4-9H2,1-3H3/q+1/t10-,12+,13+,14+/m1/s1. The lowest BCUT2D eigenvalue weighted by Gasteiger charge is -2.34. The lowest BCUT2D eigenvalue weighted by molar-refractivity contribution is -0.620. The van der Waals surface area contributed by atoms with Gasteiger partial charge in [0, 0.05) is 39.0 Å². The van der Waals surface area contributed by atoms with Crippen LogP contribution in [0.4, 0.5) is 0 Å². The maximum Gasteiger partial charge on any atom is 0.155 e. The second-order valence-corrected chi connectivity index (χ2v) is 6.01. The van der Waals surface area contributed by atoms with E-state index in [1.165, 1.54) is 32.1 Å². The highest BCUT2D eigenvalue weighted by Gasteiger charge is 2.39. The number of piperidine rings is 1. The molecule has 2 rings (SSSR count). The van der Waals surface area contributed by atoms with E-state index < -0.39 is 0 Å². The van der Waals surface area contributed by atoms with Crippen LogP contribution in [0.5, 0.6) is 0 Å². The number of hydrogen-bond acceptors (Lipinski definition) is 1. The summed E-state index contributed by atoms with van der Waals surface area (Å²) in [6.07, 6.45) is 7.38. The molecular weight excluding hydrogens is 198 g/mol. The van der Waals surface area contributed by atoms with Crippen LogP contribution in [0.2, 0.25) is 0 Å². The molecule has 0 amide bonds. The zero-order valence-corrected chi connectivity index (χ0v) is 10.9. The first-order chi connectivity index (χ1) is 7.58. The summed E-state index contributed by atoms with van der Waals surface area (Å²) in [6.45, 7) is 6.59. The van der Waals surface area contributed by atoms with Crippen LogP contribution in [0.1, 0.15) is 59.3 Å². The fraction of sp³-hybridized carbons (Fsp3) is 0.929. The van der Waals surface area contributed by atoms with Gasteiger partial charge < -0.3 is 5.11 Å². The van der Waals surface area contributed by atoms with Gasteiger partial charge in [-0.1, -0.05) is 6.92 Å². The van der Waals surface area contributed by atoms with Crippen LogP contribution >= 0.6 is 0 Å². The Morgan fingerprint density at radius 3 is 2.88 bits per heavy atom. The minimum Gasteiger partial charge on any atom is -0.393 e. The largest absolute Gasteiger partial charge is 0.393 e. The van der Waals surface area contributed by atoms with Crippen molar-refractivity contribution in [1.82, 2.24) is 0 Å². The van der Waals surface area contributed by atoms with Crippen molar-refractivity contribution in [2.24, 2.45) is 5.92 Å². The van der Waals surface area contributed by atoms with Gasteiger partial charge in [0.25, 0.3) is 0 Å². The van der Waals surface area contributed by atoms with Crippen LogP contribution in [0.3, 0.4) is 0 Å². The van der Waals surface area contributed by atoms with E-state index in [1.807, 2.05) is 6.92 Å². The van der Waals surface area contributed by atoms with Gasteiger partial charge in [-0.25, -0.2) is 4.58 Å². The van der Waals surface area contributed by atoms with E-state index in [1.54, 1.807) is 5.71 Å². The predicted molar refractivity (Wildman–Crippen MR) is 67.1 cm³/mol. The van der Waals surface area contributed by atoms with E-state index in [0.29, 0.717) is 6.04 Å². The van der Waals surface area contributed by atoms with E-state index >= 15 is 0 Å². The number of nitrogens with zero attached hydrogens (tertiary/aromatic N) is 1. The number of hydrogen-bond donors (Lipinski definition) is 1. The Labute approximate surface area is 99.4 Å². The Balaban J connectivity index is 2.18. The Kier molecular flexibility index (Phi) is 3.68. The quantitative estimate of drug-likeness (QED) is 0.716. The summed E-state index contributed by atoms with van der Waals surface area (Å²) >= 11 is 0. The van der Waals surface area contributed by atoms with Crippen LogP contribution < -0.4 is 0 Å². The normalized spacial score (nSPS) is 37.1. The second-order valence-electron chi connectivity index (χ2n) is 6.01. The minimum absolute atomic E-state index is 0.157. The molecule has 2 nitrogen and oxygen atoms in total. The number of fused-ring (bicyclic) bond motifs is 1. The van der Waals surface area contributed by atoms with Gasteiger partial charge in [-0.05, 0) is 19.3 Å². The molecule has 16 heavy (non-hydrogen) atoms. The van der Waals surface area contributed by atoms with Crippen LogP contribution in [-0.4, -0.2) is 33.6 Å². The average Bonchev–Trinajstić information content (AvgIpc) is 2.15. The summed E-state index contributed by atoms with van der Waals surface area (Å²) in [4.78, 5) is 0. The molecule has 1 saturated heterocycles. The highest BCUT2D eigenvalue weighted by atomic mass is 16.3. The molecule has 0 aliphatic carbocycles. The summed E-state index contributed by atoms with van der Waals surface area (Å²) in [6, 6.07) is 1.37. The molecule has 2 aliphatic rings. The topological polar surface area (TPSA) is 23.2 Å². The lowest BCUT2D eigenvalue weighted by Crippen LogP contribution is -2.47. The summed E-state index contributed by atoms with van der Waals surface area (Å²) in [5.41, 5.74) is 1.56. The minimum atomic E-state index is -0.157. The maximum absolute atomic E-state index is 9.60. The fourth-order valence-electron chi connectivity index (χ4n) is 3.80. The van der Waals surface area contributed by atoms with E-state index in [-0.39, 0.29) is 6.10 Å². The SMILES string of the molecule is CC1=[N+]2[C@@H](CCC[C@H]2C[C@H](C)O)C[C@H](C)C1. The number of aliphatic hydroxyl groups excluding tert-OH is 1. The molecule has 0 radical (unpaired) electrons. The van der Waals surface area contributed by atoms with Crippen molar-refractivity contribution in [3.05, 3.63) is 0 Å². The van der Waals surface area contributed by atoms with Crippen molar-refractivity contribution in [1.29, 1.82) is 0 Å². The Morgan fingerprint density at radius 2 is 2.19 bits per heavy atom. The number of aliphatic hydroxyl groups is 1. The molecule has 0 aromatic carbocycles. The van der Waals surface area contributed by atoms with Crippen molar-refractivity contribution in [2.75, 3.05) is 0 Å². The molecule has 0 aromatic heterocycles. The molecular formula is C14H26NO+. The van der Waals surface area contributed by atoms with Crippen LogP contribution in [0.15, 0.2) is 0 Å². The molecule has 92 valence electrons. The molecule has 1 fully saturated rings. The maximum atomic E-state index is 9.60. The van der Waals surface area contributed by atoms with Gasteiger partial charge in [0.05, 0.1) is 6.10 Å². The molecule has 0 unspecified atom stereocenters. The number of rotatable bonds is 2. The van der Waals surface area contributed by atoms with Crippen LogP contribution in [-0.2, 0) is 0 Å². The van der Waals surface area contributed by atoms with Crippen molar-refractivity contribution < 1.29 is 9.68 Å². The molecule has 0 spiro atoms. The van der Waals surface area contributed by atoms with Gasteiger partial charge in [0.2, 0.25) is 0 Å². The van der Waals surface area contributed by atoms with E-state index in [4.69, 9.17) is 0 Å². The summed E-state index contributed by atoms with van der Waals surface area (Å²) in [5.74, 6) is 0.853. The van der Waals surface area contributed by atoms with Gasteiger partial charge in [0.15, 0.2) is 12.1 Å². The lowest BCUT2D eigenvalue weighted by atomic mass is 9.83. The predicted octanol–water partition coefficient (Wildman–Crippen LogP) is 2.58. The van der Waals surface area contributed by atoms with Crippen LogP contribution in [0, 0.1) is 5.92 Å². The van der Waals surface area contributed by atoms with Gasteiger partial charge in [0.1, 0.15) is 5.71 Å². The van der Waals surface area contributed by atoms with Gasteiger partial charge in [-0.3, -0.25) is 0 Å². The molecule has 4 atom stereocenters. The summed E-state index contributed by atoms with van der Waals surface area (Å²) < 4.78 is 2.65. The van der Waals surface area contributed by atoms with E-state index in [0.717, 1.165) is 18.4 Å². The molecule has 2 heteroatoms. The Hall–Kier alpha value is -0.370. The first-order valence-electron chi connectivity index (χ1n) is 6.86. The van der Waals surface area contributed by atoms with Crippen molar-refractivity contribution in [3.63, 3.8) is 0 Å². The zero-order chi connectivity index (χ0) is 11.7. The van der Waals surface area contributed by atoms with Gasteiger partial charge >= 0.3 is 0 Å². The van der Waals surface area contributed by atoms with Crippen LogP contribution in [0.25, 0.3) is 0 Å². The van der Waals surface area contributed by atoms with Gasteiger partial charge in [-0.15, -0.1) is 0 Å². The van der Waals surface area contributed by atoms with Crippen molar-refractivity contribution >= 4 is 5.71 Å². The van der Waals surface area contributed by atoms with E-state index in [2.05, 4.69) is 18.4 Å². The smallest absolute Gasteiger partial charge is 0.155 e. The molecule has 1 N–H and O–H groups in total. The van der Waals surface area contributed by atoms with Gasteiger partial charge in [-0.2, -0.15) is 0 Å². The molecule has 0 bridgehead atoms. The molecule has 2 aliphatic heterocycles. The molecule has 2 heterocycles. The first-order valence-corrected chi connectivity index (χ1v) is 6.86. The highest BCUT2D eigenvalue weighted by molar-refractivity contribution is 5.77. The second kappa shape index (κ2) is 4.87. The third-order valence-electron chi connectivity index (χ3n) is 4.23. The fourth-order valence-corrected chi connectivity index (χ4v) is 3.80. The van der Waals surface area contributed by atoms with E-state index in [9.17, 15) is 5.11 Å². The van der Waals surface area contributed by atoms with Crippen molar-refractivity contribution in [3.8, 4) is 0 Å². The average molecular weight is 224 g/mol. The summed E-state index contributed by atoms with van der Waals surface area (Å²) in [7, 11) is 0. The molecule has 0 aromatic rings. The summed E-state index contributed by atoms with van der Waals surface area (Å²) in [5, 5.41) is 9.60.